The van der Waals surface area contributed by atoms with Crippen LogP contribution in [0.2, 0.25) is 0 Å². The molecule has 0 amide bonds. The summed E-state index contributed by atoms with van der Waals surface area (Å²) in [5.74, 6) is 0. The Labute approximate surface area is 103 Å². The van der Waals surface area contributed by atoms with Crippen molar-refractivity contribution in [2.75, 3.05) is 11.9 Å². The first-order valence-electron chi connectivity index (χ1n) is 5.61. The molecule has 1 aromatic rings. The molecular formula is C13H20N2S. The quantitative estimate of drug-likeness (QED) is 0.815. The molecule has 0 radical (unpaired) electrons. The van der Waals surface area contributed by atoms with Crippen molar-refractivity contribution >= 4 is 22.9 Å². The largest absolute Gasteiger partial charge is 0.389 e. The zero-order valence-electron chi connectivity index (χ0n) is 10.4. The van der Waals surface area contributed by atoms with Crippen molar-refractivity contribution in [2.24, 2.45) is 5.73 Å². The molecule has 3 heteroatoms. The van der Waals surface area contributed by atoms with Gasteiger partial charge in [-0.25, -0.2) is 0 Å². The average Bonchev–Trinajstić information content (AvgIpc) is 2.26. The molecule has 0 saturated heterocycles. The predicted octanol–water partition coefficient (Wildman–Crippen LogP) is 2.86. The number of hydrogen-bond acceptors (Lipinski definition) is 2. The summed E-state index contributed by atoms with van der Waals surface area (Å²) in [4.78, 5) is 2.72. The number of aryl methyl sites for hydroxylation is 1. The maximum Gasteiger partial charge on any atom is 0.106 e. The lowest BCUT2D eigenvalue weighted by molar-refractivity contribution is 0.662. The first-order chi connectivity index (χ1) is 7.49. The van der Waals surface area contributed by atoms with Gasteiger partial charge in [0.25, 0.3) is 0 Å². The van der Waals surface area contributed by atoms with Gasteiger partial charge >= 0.3 is 0 Å². The molecule has 2 N–H and O–H groups in total. The number of thiocarbonyl (C=S) groups is 1. The van der Waals surface area contributed by atoms with Gasteiger partial charge in [0, 0.05) is 24.3 Å². The monoisotopic (exact) mass is 236 g/mol. The summed E-state index contributed by atoms with van der Waals surface area (Å²) in [5, 5.41) is 0. The average molecular weight is 236 g/mol. The van der Waals surface area contributed by atoms with Crippen molar-refractivity contribution in [1.29, 1.82) is 0 Å². The van der Waals surface area contributed by atoms with E-state index < -0.39 is 0 Å². The second-order valence-corrected chi connectivity index (χ2v) is 4.64. The van der Waals surface area contributed by atoms with Gasteiger partial charge in [-0.3, -0.25) is 0 Å². The number of nitrogens with zero attached hydrogens (tertiary/aromatic N) is 1. The minimum absolute atomic E-state index is 0.467. The minimum atomic E-state index is 0.467. The van der Waals surface area contributed by atoms with Crippen LogP contribution in [0.3, 0.4) is 0 Å². The van der Waals surface area contributed by atoms with E-state index in [0.717, 1.165) is 17.7 Å². The molecule has 0 fully saturated rings. The van der Waals surface area contributed by atoms with Crippen molar-refractivity contribution in [3.8, 4) is 0 Å². The predicted molar refractivity (Wildman–Crippen MR) is 75.2 cm³/mol. The van der Waals surface area contributed by atoms with Crippen molar-refractivity contribution in [2.45, 2.75) is 33.2 Å². The third-order valence-corrected chi connectivity index (χ3v) is 3.33. The van der Waals surface area contributed by atoms with Crippen LogP contribution in [0.5, 0.6) is 0 Å². The Hall–Kier alpha value is -1.09. The Morgan fingerprint density at radius 2 is 2.12 bits per heavy atom. The smallest absolute Gasteiger partial charge is 0.106 e. The number of benzene rings is 1. The van der Waals surface area contributed by atoms with E-state index in [1.54, 1.807) is 0 Å². The maximum absolute atomic E-state index is 5.77. The third kappa shape index (κ3) is 2.53. The Kier molecular flexibility index (Phi) is 4.30. The second kappa shape index (κ2) is 5.30. The highest BCUT2D eigenvalue weighted by Crippen LogP contribution is 2.26. The fourth-order valence-electron chi connectivity index (χ4n) is 1.82. The SMILES string of the molecule is CCC(C)N(C)c1c(C)cccc1C(N)=S. The zero-order chi connectivity index (χ0) is 12.3. The first-order valence-corrected chi connectivity index (χ1v) is 6.02. The van der Waals surface area contributed by atoms with Crippen LogP contribution in [-0.2, 0) is 0 Å². The molecule has 0 aliphatic rings. The number of hydrogen-bond donors (Lipinski definition) is 1. The van der Waals surface area contributed by atoms with Gasteiger partial charge in [-0.1, -0.05) is 31.3 Å². The van der Waals surface area contributed by atoms with Crippen LogP contribution >= 0.6 is 12.2 Å². The van der Waals surface area contributed by atoms with Crippen LogP contribution in [-0.4, -0.2) is 18.1 Å². The van der Waals surface area contributed by atoms with E-state index in [2.05, 4.69) is 38.8 Å². The Bertz CT molecular complexity index is 388. The van der Waals surface area contributed by atoms with Crippen molar-refractivity contribution < 1.29 is 0 Å². The fourth-order valence-corrected chi connectivity index (χ4v) is 1.98. The van der Waals surface area contributed by atoms with Gasteiger partial charge in [-0.05, 0) is 31.9 Å². The van der Waals surface area contributed by atoms with Gasteiger partial charge in [0.1, 0.15) is 4.99 Å². The summed E-state index contributed by atoms with van der Waals surface area (Å²) in [7, 11) is 2.10. The molecule has 0 saturated carbocycles. The van der Waals surface area contributed by atoms with Gasteiger partial charge in [0.15, 0.2) is 0 Å². The zero-order valence-corrected chi connectivity index (χ0v) is 11.3. The van der Waals surface area contributed by atoms with Crippen molar-refractivity contribution in [3.05, 3.63) is 29.3 Å². The summed E-state index contributed by atoms with van der Waals surface area (Å²) < 4.78 is 0. The molecule has 0 aromatic heterocycles. The summed E-state index contributed by atoms with van der Waals surface area (Å²) in [6.45, 7) is 6.48. The van der Waals surface area contributed by atoms with E-state index in [4.69, 9.17) is 18.0 Å². The van der Waals surface area contributed by atoms with Crippen LogP contribution in [0.1, 0.15) is 31.4 Å². The number of rotatable bonds is 4. The van der Waals surface area contributed by atoms with Crippen LogP contribution in [0.4, 0.5) is 5.69 Å². The molecule has 2 nitrogen and oxygen atoms in total. The van der Waals surface area contributed by atoms with Gasteiger partial charge in [-0.15, -0.1) is 0 Å². The van der Waals surface area contributed by atoms with Crippen LogP contribution < -0.4 is 10.6 Å². The molecule has 1 aromatic carbocycles. The lowest BCUT2D eigenvalue weighted by Crippen LogP contribution is -2.31. The summed E-state index contributed by atoms with van der Waals surface area (Å²) >= 11 is 5.10. The van der Waals surface area contributed by atoms with Crippen molar-refractivity contribution in [3.63, 3.8) is 0 Å². The Balaban J connectivity index is 3.24. The molecule has 0 spiro atoms. The number of nitrogens with two attached hydrogens (primary N) is 1. The molecule has 0 aliphatic heterocycles. The van der Waals surface area contributed by atoms with E-state index >= 15 is 0 Å². The second-order valence-electron chi connectivity index (χ2n) is 4.20. The van der Waals surface area contributed by atoms with Crippen LogP contribution in [0, 0.1) is 6.92 Å². The standard InChI is InChI=1S/C13H20N2S/c1-5-10(3)15(4)12-9(2)7-6-8-11(12)13(14)16/h6-8,10H,5H2,1-4H3,(H2,14,16). The number of anilines is 1. The van der Waals surface area contributed by atoms with Gasteiger partial charge in [-0.2, -0.15) is 0 Å². The minimum Gasteiger partial charge on any atom is -0.389 e. The van der Waals surface area contributed by atoms with E-state index in [1.165, 1.54) is 5.56 Å². The molecule has 16 heavy (non-hydrogen) atoms. The Morgan fingerprint density at radius 3 is 2.62 bits per heavy atom. The summed E-state index contributed by atoms with van der Waals surface area (Å²) in [6, 6.07) is 6.56. The molecule has 0 bridgehead atoms. The molecule has 1 rings (SSSR count). The summed E-state index contributed by atoms with van der Waals surface area (Å²) in [6.07, 6.45) is 1.10. The molecular weight excluding hydrogens is 216 g/mol. The lowest BCUT2D eigenvalue weighted by Gasteiger charge is -2.29. The van der Waals surface area contributed by atoms with E-state index in [-0.39, 0.29) is 0 Å². The van der Waals surface area contributed by atoms with Crippen molar-refractivity contribution in [1.82, 2.24) is 0 Å². The van der Waals surface area contributed by atoms with Gasteiger partial charge < -0.3 is 10.6 Å². The molecule has 1 atom stereocenters. The lowest BCUT2D eigenvalue weighted by atomic mass is 10.0. The van der Waals surface area contributed by atoms with Gasteiger partial charge in [0.2, 0.25) is 0 Å². The van der Waals surface area contributed by atoms with E-state index in [9.17, 15) is 0 Å². The molecule has 88 valence electrons. The molecule has 1 unspecified atom stereocenters. The first kappa shape index (κ1) is 13.0. The summed E-state index contributed by atoms with van der Waals surface area (Å²) in [5.41, 5.74) is 9.11. The van der Waals surface area contributed by atoms with E-state index in [1.807, 2.05) is 12.1 Å². The topological polar surface area (TPSA) is 29.3 Å². The maximum atomic E-state index is 5.77. The third-order valence-electron chi connectivity index (χ3n) is 3.11. The highest BCUT2D eigenvalue weighted by molar-refractivity contribution is 7.80. The van der Waals surface area contributed by atoms with Crippen LogP contribution in [0.25, 0.3) is 0 Å². The highest BCUT2D eigenvalue weighted by Gasteiger charge is 2.15. The molecule has 0 aliphatic carbocycles. The Morgan fingerprint density at radius 1 is 1.50 bits per heavy atom. The van der Waals surface area contributed by atoms with Crippen LogP contribution in [0.15, 0.2) is 18.2 Å². The molecule has 0 heterocycles. The highest BCUT2D eigenvalue weighted by atomic mass is 32.1. The van der Waals surface area contributed by atoms with Gasteiger partial charge in [0.05, 0.1) is 0 Å². The number of para-hydroxylation sites is 1. The normalized spacial score (nSPS) is 12.2. The fraction of sp³-hybridized carbons (Fsp3) is 0.462. The van der Waals surface area contributed by atoms with E-state index in [0.29, 0.717) is 11.0 Å².